The number of ether oxygens (including phenoxy) is 1. The fourth-order valence-electron chi connectivity index (χ4n) is 5.05. The van der Waals surface area contributed by atoms with Gasteiger partial charge in [0.1, 0.15) is 12.4 Å². The van der Waals surface area contributed by atoms with Crippen molar-refractivity contribution in [2.45, 2.75) is 32.7 Å². The van der Waals surface area contributed by atoms with Gasteiger partial charge in [-0.2, -0.15) is 22.2 Å². The second-order valence-corrected chi connectivity index (χ2v) is 9.52. The third-order valence-electron chi connectivity index (χ3n) is 7.01. The molecular formula is C27H26F4N6O4. The molecule has 1 unspecified atom stereocenters. The summed E-state index contributed by atoms with van der Waals surface area (Å²) in [5.74, 6) is -0.0872. The van der Waals surface area contributed by atoms with Crippen LogP contribution in [0.2, 0.25) is 0 Å². The van der Waals surface area contributed by atoms with Crippen LogP contribution in [-0.2, 0) is 11.3 Å². The van der Waals surface area contributed by atoms with Crippen LogP contribution in [0, 0.1) is 0 Å². The number of carbonyl (C=O) groups is 1. The number of piperazine rings is 1. The minimum atomic E-state index is -3.18. The Balaban J connectivity index is 1.47. The molecule has 1 atom stereocenters. The van der Waals surface area contributed by atoms with Crippen LogP contribution < -0.4 is 15.2 Å². The lowest BCUT2D eigenvalue weighted by Crippen LogP contribution is -2.55. The number of hydrogen-bond acceptors (Lipinski definition) is 7. The molecule has 1 N–H and O–H groups in total. The molecule has 0 saturated carbocycles. The number of nitrogens with zero attached hydrogens (tertiary/aromatic N) is 6. The molecule has 4 aromatic rings. The van der Waals surface area contributed by atoms with E-state index in [1.165, 1.54) is 24.3 Å². The van der Waals surface area contributed by atoms with Gasteiger partial charge < -0.3 is 19.6 Å². The van der Waals surface area contributed by atoms with E-state index in [9.17, 15) is 27.2 Å². The molecule has 2 aromatic heterocycles. The predicted octanol–water partition coefficient (Wildman–Crippen LogP) is 3.33. The third kappa shape index (κ3) is 5.59. The average Bonchev–Trinajstić information content (AvgIpc) is 3.24. The van der Waals surface area contributed by atoms with Crippen LogP contribution in [0.15, 0.2) is 59.7 Å². The maximum absolute atomic E-state index is 14.0. The number of halogens is 4. The SMILES string of the molecule is CC1CN(c2ncc(-c3ccc4c(=O)n(C(F)F)n(Cc5ccccc5OC(F)F)c4c3)cn2)CCN1C(=O)CO. The summed E-state index contributed by atoms with van der Waals surface area (Å²) in [4.78, 5) is 37.2. The molecule has 14 heteroatoms. The zero-order valence-corrected chi connectivity index (χ0v) is 21.8. The summed E-state index contributed by atoms with van der Waals surface area (Å²) in [5.41, 5.74) is 0.541. The maximum Gasteiger partial charge on any atom is 0.387 e. The number of rotatable bonds is 8. The number of amides is 1. The van der Waals surface area contributed by atoms with Gasteiger partial charge in [-0.3, -0.25) is 14.3 Å². The van der Waals surface area contributed by atoms with Gasteiger partial charge in [-0.25, -0.2) is 9.97 Å². The van der Waals surface area contributed by atoms with E-state index in [-0.39, 0.29) is 45.4 Å². The molecule has 5 rings (SSSR count). The minimum Gasteiger partial charge on any atom is -0.434 e. The number of para-hydroxylation sites is 1. The van der Waals surface area contributed by atoms with Gasteiger partial charge in [-0.15, -0.1) is 0 Å². The molecule has 1 amide bonds. The van der Waals surface area contributed by atoms with Crippen LogP contribution in [0.4, 0.5) is 23.5 Å². The van der Waals surface area contributed by atoms with Crippen LogP contribution in [0.3, 0.4) is 0 Å². The number of fused-ring (bicyclic) bond motifs is 1. The van der Waals surface area contributed by atoms with E-state index in [1.54, 1.807) is 35.5 Å². The number of aliphatic hydroxyl groups excluding tert-OH is 1. The smallest absolute Gasteiger partial charge is 0.387 e. The highest BCUT2D eigenvalue weighted by Gasteiger charge is 2.28. The first kappa shape index (κ1) is 28.1. The van der Waals surface area contributed by atoms with Crippen molar-refractivity contribution in [3.05, 3.63) is 70.8 Å². The zero-order chi connectivity index (χ0) is 29.3. The van der Waals surface area contributed by atoms with Gasteiger partial charge in [0.15, 0.2) is 0 Å². The topological polar surface area (TPSA) is 106 Å². The largest absolute Gasteiger partial charge is 0.434 e. The van der Waals surface area contributed by atoms with Crippen LogP contribution in [-0.4, -0.2) is 74.1 Å². The Morgan fingerprint density at radius 2 is 1.80 bits per heavy atom. The molecule has 41 heavy (non-hydrogen) atoms. The second-order valence-electron chi connectivity index (χ2n) is 9.52. The van der Waals surface area contributed by atoms with Gasteiger partial charge >= 0.3 is 13.2 Å². The summed E-state index contributed by atoms with van der Waals surface area (Å²) in [5, 5.41) is 9.18. The molecule has 1 fully saturated rings. The molecule has 1 aliphatic heterocycles. The third-order valence-corrected chi connectivity index (χ3v) is 7.01. The van der Waals surface area contributed by atoms with Crippen molar-refractivity contribution in [2.75, 3.05) is 31.1 Å². The van der Waals surface area contributed by atoms with Crippen molar-refractivity contribution in [1.82, 2.24) is 24.2 Å². The molecule has 10 nitrogen and oxygen atoms in total. The molecule has 3 heterocycles. The Bertz CT molecular complexity index is 1610. The normalized spacial score (nSPS) is 15.8. The van der Waals surface area contributed by atoms with E-state index < -0.39 is 25.3 Å². The van der Waals surface area contributed by atoms with E-state index in [2.05, 4.69) is 14.7 Å². The highest BCUT2D eigenvalue weighted by Crippen LogP contribution is 2.28. The maximum atomic E-state index is 14.0. The Labute approximate surface area is 231 Å². The van der Waals surface area contributed by atoms with E-state index in [0.29, 0.717) is 36.7 Å². The van der Waals surface area contributed by atoms with Crippen LogP contribution >= 0.6 is 0 Å². The van der Waals surface area contributed by atoms with Crippen LogP contribution in [0.25, 0.3) is 22.0 Å². The molecule has 1 aliphatic rings. The highest BCUT2D eigenvalue weighted by molar-refractivity contribution is 5.84. The van der Waals surface area contributed by atoms with Gasteiger partial charge in [0.25, 0.3) is 5.56 Å². The van der Waals surface area contributed by atoms with Crippen molar-refractivity contribution < 1.29 is 32.2 Å². The Hall–Kier alpha value is -4.46. The molecule has 2 aromatic carbocycles. The first-order valence-electron chi connectivity index (χ1n) is 12.7. The molecular weight excluding hydrogens is 548 g/mol. The lowest BCUT2D eigenvalue weighted by molar-refractivity contribution is -0.136. The van der Waals surface area contributed by atoms with E-state index in [0.717, 1.165) is 4.68 Å². The lowest BCUT2D eigenvalue weighted by Gasteiger charge is -2.39. The van der Waals surface area contributed by atoms with Crippen molar-refractivity contribution in [2.24, 2.45) is 0 Å². The minimum absolute atomic E-state index is 0.0307. The standard InChI is InChI=1S/C27H26F4N6O4/c1-16-13-34(8-9-35(16)23(39)15-38)27-32-11-19(12-33-27)17-6-7-20-21(10-17)36(37(24(20)40)25(28)29)14-18-4-2-3-5-22(18)41-26(30)31/h2-7,10-12,16,25-26,38H,8-9,13-15H2,1H3. The number of anilines is 1. The van der Waals surface area contributed by atoms with E-state index in [1.807, 2.05) is 11.8 Å². The van der Waals surface area contributed by atoms with Gasteiger partial charge in [0.2, 0.25) is 11.9 Å². The van der Waals surface area contributed by atoms with Crippen LogP contribution in [0.5, 0.6) is 5.75 Å². The number of benzene rings is 2. The van der Waals surface area contributed by atoms with Crippen molar-refractivity contribution in [3.63, 3.8) is 0 Å². The summed E-state index contributed by atoms with van der Waals surface area (Å²) in [6, 6.07) is 10.2. The van der Waals surface area contributed by atoms with Crippen molar-refractivity contribution in [1.29, 1.82) is 0 Å². The second kappa shape index (κ2) is 11.6. The molecule has 0 aliphatic carbocycles. The predicted molar refractivity (Wildman–Crippen MR) is 141 cm³/mol. The van der Waals surface area contributed by atoms with Crippen LogP contribution in [0.1, 0.15) is 19.0 Å². The summed E-state index contributed by atoms with van der Waals surface area (Å²) >= 11 is 0. The van der Waals surface area contributed by atoms with Crippen molar-refractivity contribution in [3.8, 4) is 16.9 Å². The number of aromatic nitrogens is 4. The molecule has 216 valence electrons. The Morgan fingerprint density at radius 1 is 1.07 bits per heavy atom. The Morgan fingerprint density at radius 3 is 2.46 bits per heavy atom. The molecule has 0 radical (unpaired) electrons. The average molecular weight is 575 g/mol. The fourth-order valence-corrected chi connectivity index (χ4v) is 5.05. The monoisotopic (exact) mass is 574 g/mol. The van der Waals surface area contributed by atoms with Gasteiger partial charge in [-0.1, -0.05) is 24.3 Å². The quantitative estimate of drug-likeness (QED) is 0.322. The van der Waals surface area contributed by atoms with Gasteiger partial charge in [-0.05, 0) is 30.7 Å². The fraction of sp³-hybridized carbons (Fsp3) is 0.333. The Kier molecular flexibility index (Phi) is 7.92. The van der Waals surface area contributed by atoms with Crippen molar-refractivity contribution >= 4 is 22.8 Å². The number of carbonyl (C=O) groups excluding carboxylic acids is 1. The summed E-state index contributed by atoms with van der Waals surface area (Å²) < 4.78 is 59.8. The number of aliphatic hydroxyl groups is 1. The first-order chi connectivity index (χ1) is 19.7. The van der Waals surface area contributed by atoms with E-state index in [4.69, 9.17) is 5.11 Å². The van der Waals surface area contributed by atoms with E-state index >= 15 is 0 Å². The summed E-state index contributed by atoms with van der Waals surface area (Å²) in [6.07, 6.45) is 3.13. The number of alkyl halides is 4. The molecule has 1 saturated heterocycles. The summed E-state index contributed by atoms with van der Waals surface area (Å²) in [6.45, 7) is -3.94. The van der Waals surface area contributed by atoms with Gasteiger partial charge in [0, 0.05) is 49.2 Å². The highest BCUT2D eigenvalue weighted by atomic mass is 19.3. The molecule has 0 bridgehead atoms. The zero-order valence-electron chi connectivity index (χ0n) is 21.8. The lowest BCUT2D eigenvalue weighted by atomic mass is 10.1. The summed E-state index contributed by atoms with van der Waals surface area (Å²) in [7, 11) is 0. The number of hydrogen-bond donors (Lipinski definition) is 1. The first-order valence-corrected chi connectivity index (χ1v) is 12.7. The van der Waals surface area contributed by atoms with Gasteiger partial charge in [0.05, 0.1) is 17.4 Å². The molecule has 0 spiro atoms.